The predicted molar refractivity (Wildman–Crippen MR) is 261 cm³/mol. The molecule has 5 aliphatic rings. The van der Waals surface area contributed by atoms with Crippen LogP contribution >= 0.6 is 0 Å². The Morgan fingerprint density at radius 1 is 0.912 bits per heavy atom. The number of carbonyl (C=O) groups is 3. The topological polar surface area (TPSA) is 192 Å². The first-order valence-electron chi connectivity index (χ1n) is 24.4. The number of hydrogen-bond acceptors (Lipinski definition) is 13. The van der Waals surface area contributed by atoms with Crippen LogP contribution in [-0.2, 0) is 20.9 Å². The van der Waals surface area contributed by atoms with E-state index in [0.717, 1.165) is 113 Å². The summed E-state index contributed by atoms with van der Waals surface area (Å²) in [6.45, 7) is 12.2. The molecule has 16 heteroatoms. The van der Waals surface area contributed by atoms with Gasteiger partial charge in [0.15, 0.2) is 5.82 Å². The maximum atomic E-state index is 14.2. The Kier molecular flexibility index (Phi) is 13.8. The molecule has 0 spiro atoms. The molecule has 358 valence electrons. The van der Waals surface area contributed by atoms with E-state index < -0.39 is 23.6 Å². The third kappa shape index (κ3) is 10.4. The first kappa shape index (κ1) is 46.8. The van der Waals surface area contributed by atoms with Crippen LogP contribution in [0.15, 0.2) is 67.0 Å². The molecule has 68 heavy (non-hydrogen) atoms. The number of carbonyl (C=O) groups excluding carboxylic acids is 3. The van der Waals surface area contributed by atoms with Gasteiger partial charge in [-0.05, 0) is 110 Å². The number of aromatic nitrogens is 4. The predicted octanol–water partition coefficient (Wildman–Crippen LogP) is 4.54. The number of fused-ring (bicyclic) bond motifs is 3. The molecule has 3 saturated heterocycles. The zero-order valence-electron chi connectivity index (χ0n) is 39.5. The number of anilines is 3. The van der Waals surface area contributed by atoms with Gasteiger partial charge in [-0.2, -0.15) is 0 Å². The van der Waals surface area contributed by atoms with E-state index in [2.05, 4.69) is 46.8 Å². The second-order valence-electron chi connectivity index (χ2n) is 20.5. The summed E-state index contributed by atoms with van der Waals surface area (Å²) in [4.78, 5) is 59.8. The molecule has 4 atom stereocenters. The number of aromatic hydroxyl groups is 1. The van der Waals surface area contributed by atoms with E-state index in [1.807, 2.05) is 75.6 Å². The zero-order chi connectivity index (χ0) is 47.5. The van der Waals surface area contributed by atoms with Crippen molar-refractivity contribution in [3.05, 3.63) is 83.7 Å². The van der Waals surface area contributed by atoms with Crippen molar-refractivity contribution in [2.75, 3.05) is 67.5 Å². The van der Waals surface area contributed by atoms with Crippen molar-refractivity contribution in [2.24, 2.45) is 17.3 Å². The third-order valence-electron chi connectivity index (χ3n) is 14.8. The molecule has 1 unspecified atom stereocenters. The van der Waals surface area contributed by atoms with Crippen molar-refractivity contribution < 1.29 is 24.6 Å². The number of aliphatic hydroxyl groups is 1. The van der Waals surface area contributed by atoms with Gasteiger partial charge in [-0.15, -0.1) is 16.6 Å². The molecule has 2 aromatic heterocycles. The minimum Gasteiger partial charge on any atom is -0.507 e. The average Bonchev–Trinajstić information content (AvgIpc) is 3.76. The van der Waals surface area contributed by atoms with E-state index >= 15 is 0 Å². The van der Waals surface area contributed by atoms with Crippen molar-refractivity contribution >= 4 is 35.2 Å². The summed E-state index contributed by atoms with van der Waals surface area (Å²) in [7, 11) is 0. The Labute approximate surface area is 399 Å². The van der Waals surface area contributed by atoms with Gasteiger partial charge in [-0.25, -0.2) is 9.97 Å². The minimum absolute atomic E-state index is 0.0366. The van der Waals surface area contributed by atoms with Crippen LogP contribution in [0.2, 0.25) is 0 Å². The van der Waals surface area contributed by atoms with Gasteiger partial charge in [0.05, 0.1) is 23.5 Å². The van der Waals surface area contributed by atoms with Crippen LogP contribution in [0.3, 0.4) is 0 Å². The van der Waals surface area contributed by atoms with Crippen molar-refractivity contribution in [1.29, 1.82) is 0 Å². The molecule has 2 aromatic carbocycles. The molecule has 5 N–H and O–H groups in total. The number of terminal acetylenes is 1. The highest BCUT2D eigenvalue weighted by molar-refractivity contribution is 5.93. The minimum atomic E-state index is -0.847. The number of amides is 3. The molecule has 6 heterocycles. The fourth-order valence-electron chi connectivity index (χ4n) is 10.8. The number of β-amino-alcohol motifs (C(OH)–C–C–N with tert-alkyl or cyclic N) is 1. The number of phenols is 1. The van der Waals surface area contributed by atoms with Crippen LogP contribution in [0.5, 0.6) is 5.75 Å². The van der Waals surface area contributed by atoms with Crippen LogP contribution in [-0.4, -0.2) is 134 Å². The summed E-state index contributed by atoms with van der Waals surface area (Å²) in [5.41, 5.74) is 4.49. The molecule has 9 rings (SSSR count). The van der Waals surface area contributed by atoms with Gasteiger partial charge in [-0.1, -0.05) is 51.0 Å². The number of piperazine rings is 1. The Morgan fingerprint density at radius 2 is 1.65 bits per heavy atom. The van der Waals surface area contributed by atoms with Gasteiger partial charge in [0.25, 0.3) is 0 Å². The van der Waals surface area contributed by atoms with E-state index in [4.69, 9.17) is 16.4 Å². The molecule has 4 aromatic rings. The lowest BCUT2D eigenvalue weighted by Crippen LogP contribution is -2.58. The number of benzene rings is 2. The molecule has 0 bridgehead atoms. The van der Waals surface area contributed by atoms with Crippen molar-refractivity contribution in [3.63, 3.8) is 0 Å². The van der Waals surface area contributed by atoms with Gasteiger partial charge in [-0.3, -0.25) is 14.4 Å². The first-order valence-corrected chi connectivity index (χ1v) is 24.4. The number of hydrogen-bond donors (Lipinski definition) is 5. The van der Waals surface area contributed by atoms with Crippen LogP contribution in [0.1, 0.15) is 88.3 Å². The highest BCUT2D eigenvalue weighted by Gasteiger charge is 2.45. The number of piperidine rings is 1. The summed E-state index contributed by atoms with van der Waals surface area (Å²) in [6.07, 6.45) is 14.4. The average molecular weight is 924 g/mol. The van der Waals surface area contributed by atoms with E-state index in [9.17, 15) is 24.6 Å². The van der Waals surface area contributed by atoms with E-state index in [1.54, 1.807) is 12.1 Å². The lowest BCUT2D eigenvalue weighted by atomic mass is 9.80. The number of rotatable bonds is 11. The lowest BCUT2D eigenvalue weighted by Gasteiger charge is -2.45. The highest BCUT2D eigenvalue weighted by Crippen LogP contribution is 2.38. The second kappa shape index (κ2) is 20.1. The van der Waals surface area contributed by atoms with Gasteiger partial charge < -0.3 is 45.8 Å². The Balaban J connectivity index is 0.716. The Bertz CT molecular complexity index is 2470. The van der Waals surface area contributed by atoms with Gasteiger partial charge in [0.2, 0.25) is 23.7 Å². The molecule has 1 aliphatic carbocycles. The molecular weight excluding hydrogens is 859 g/mol. The Hall–Kier alpha value is -6.31. The Morgan fingerprint density at radius 3 is 2.35 bits per heavy atom. The largest absolute Gasteiger partial charge is 0.507 e. The fourth-order valence-corrected chi connectivity index (χ4v) is 10.8. The molecule has 1 saturated carbocycles. The summed E-state index contributed by atoms with van der Waals surface area (Å²) < 4.78 is 0. The van der Waals surface area contributed by atoms with Crippen LogP contribution in [0.4, 0.5) is 17.5 Å². The number of aliphatic hydroxyl groups excluding tert-OH is 1. The molecule has 0 radical (unpaired) electrons. The van der Waals surface area contributed by atoms with E-state index in [0.29, 0.717) is 23.1 Å². The molecule has 4 fully saturated rings. The van der Waals surface area contributed by atoms with E-state index in [1.165, 1.54) is 10.5 Å². The van der Waals surface area contributed by atoms with Crippen LogP contribution < -0.4 is 25.8 Å². The maximum Gasteiger partial charge on any atom is 0.246 e. The number of likely N-dealkylation sites (tertiary alicyclic amines) is 2. The van der Waals surface area contributed by atoms with Crippen molar-refractivity contribution in [1.82, 2.24) is 40.6 Å². The molecule has 4 aliphatic heterocycles. The maximum absolute atomic E-state index is 14.2. The second-order valence-corrected chi connectivity index (χ2v) is 20.5. The van der Waals surface area contributed by atoms with Crippen LogP contribution in [0.25, 0.3) is 11.3 Å². The standard InChI is InChI=1S/C52H65N11O5/c1-5-33-10-12-34(13-11-33)26-54-49(67)44-24-40(64)32-63(44)50(68)46(52(2,3)4)57-48(66)37-16-14-35(15-17-37)30-60-20-18-36(19-21-60)38-27-55-51(56-28-38)61-22-23-62-39(31-61)29-53-47-43(62)25-42(58-59-47)41-8-6-7-9-45(41)65/h1,6-13,25,27-28,35-37,39-40,44,46,64-65H,14-24,26,29-32H2,2-4H3,(H,53,59)(H,54,67)(H,57,66)/t35?,37?,39?,40-,44+,46-/m1/s1. The van der Waals surface area contributed by atoms with Gasteiger partial charge in [0, 0.05) is 81.7 Å². The highest BCUT2D eigenvalue weighted by atomic mass is 16.3. The summed E-state index contributed by atoms with van der Waals surface area (Å²) in [5, 5.41) is 39.4. The quantitative estimate of drug-likeness (QED) is 0.132. The smallest absolute Gasteiger partial charge is 0.246 e. The SMILES string of the molecule is C#Cc1ccc(CNC(=O)[C@@H]2C[C@@H](O)CN2C(=O)[C@@H](NC(=O)C2CCC(CN3CCC(c4cnc(N5CCN6c7cc(-c8ccccc8O)nnc7NCC6C5)nc4)CC3)CC2)C(C)(C)C)cc1. The normalized spacial score (nSPS) is 23.7. The van der Waals surface area contributed by atoms with Gasteiger partial charge in [0.1, 0.15) is 17.8 Å². The third-order valence-corrected chi connectivity index (χ3v) is 14.8. The summed E-state index contributed by atoms with van der Waals surface area (Å²) >= 11 is 0. The number of nitrogens with one attached hydrogen (secondary N) is 3. The zero-order valence-corrected chi connectivity index (χ0v) is 39.5. The van der Waals surface area contributed by atoms with Crippen molar-refractivity contribution in [2.45, 2.75) is 102 Å². The monoisotopic (exact) mass is 924 g/mol. The number of phenolic OH excluding ortho intramolecular Hbond substituents is 1. The fraction of sp³-hybridized carbons (Fsp3) is 0.519. The molecular formula is C52H65N11O5. The summed E-state index contributed by atoms with van der Waals surface area (Å²) in [6, 6.07) is 15.1. The van der Waals surface area contributed by atoms with E-state index in [-0.39, 0.29) is 54.9 Å². The van der Waals surface area contributed by atoms with Crippen LogP contribution in [0, 0.1) is 29.6 Å². The summed E-state index contributed by atoms with van der Waals surface area (Å²) in [5.74, 6) is 4.23. The molecule has 3 amide bonds. The first-order chi connectivity index (χ1) is 32.8. The number of para-hydroxylation sites is 1. The lowest BCUT2D eigenvalue weighted by molar-refractivity contribution is -0.144. The number of nitrogens with zero attached hydrogens (tertiary/aromatic N) is 8. The molecule has 16 nitrogen and oxygen atoms in total. The van der Waals surface area contributed by atoms with Crippen molar-refractivity contribution in [3.8, 4) is 29.4 Å². The van der Waals surface area contributed by atoms with Gasteiger partial charge >= 0.3 is 0 Å².